The predicted octanol–water partition coefficient (Wildman–Crippen LogP) is 3.12. The summed E-state index contributed by atoms with van der Waals surface area (Å²) in [6.07, 6.45) is 6.25. The van der Waals surface area contributed by atoms with Gasteiger partial charge < -0.3 is 10.0 Å². The molecular formula is C17H34N2O2. The van der Waals surface area contributed by atoms with Gasteiger partial charge in [-0.25, -0.2) is 0 Å². The van der Waals surface area contributed by atoms with Crippen LogP contribution in [0.1, 0.15) is 66.2 Å². The smallest absolute Gasteiger partial charge is 0.323 e. The van der Waals surface area contributed by atoms with Gasteiger partial charge in [0.1, 0.15) is 5.54 Å². The average molecular weight is 298 g/mol. The lowest BCUT2D eigenvalue weighted by atomic mass is 9.94. The van der Waals surface area contributed by atoms with E-state index in [0.29, 0.717) is 6.04 Å². The van der Waals surface area contributed by atoms with Crippen molar-refractivity contribution in [1.29, 1.82) is 0 Å². The molecule has 21 heavy (non-hydrogen) atoms. The van der Waals surface area contributed by atoms with Crippen LogP contribution in [0, 0.1) is 5.92 Å². The van der Waals surface area contributed by atoms with E-state index in [4.69, 9.17) is 0 Å². The van der Waals surface area contributed by atoms with Crippen LogP contribution in [0.15, 0.2) is 0 Å². The minimum Gasteiger partial charge on any atom is -0.480 e. The van der Waals surface area contributed by atoms with Gasteiger partial charge in [-0.3, -0.25) is 10.1 Å². The van der Waals surface area contributed by atoms with Gasteiger partial charge in [-0.1, -0.05) is 27.2 Å². The summed E-state index contributed by atoms with van der Waals surface area (Å²) < 4.78 is 0. The number of hydrogen-bond acceptors (Lipinski definition) is 3. The van der Waals surface area contributed by atoms with E-state index in [2.05, 4.69) is 31.0 Å². The second kappa shape index (κ2) is 8.74. The highest BCUT2D eigenvalue weighted by atomic mass is 16.4. The predicted molar refractivity (Wildman–Crippen MR) is 87.6 cm³/mol. The number of carboxylic acids is 1. The van der Waals surface area contributed by atoms with E-state index < -0.39 is 11.5 Å². The number of carbonyl (C=O) groups is 1. The van der Waals surface area contributed by atoms with Gasteiger partial charge in [0.25, 0.3) is 0 Å². The Labute approximate surface area is 130 Å². The maximum absolute atomic E-state index is 11.5. The Hall–Kier alpha value is -0.610. The van der Waals surface area contributed by atoms with Crippen molar-refractivity contribution in [3.05, 3.63) is 0 Å². The Bertz CT molecular complexity index is 318. The van der Waals surface area contributed by atoms with Crippen molar-refractivity contribution in [2.75, 3.05) is 19.6 Å². The Morgan fingerprint density at radius 3 is 2.52 bits per heavy atom. The fourth-order valence-electron chi connectivity index (χ4n) is 2.68. The third-order valence-electron chi connectivity index (χ3n) is 4.69. The number of carboxylic acid groups (broad SMARTS) is 1. The van der Waals surface area contributed by atoms with Crippen LogP contribution in [0.25, 0.3) is 0 Å². The summed E-state index contributed by atoms with van der Waals surface area (Å²) in [5, 5.41) is 12.7. The van der Waals surface area contributed by atoms with Gasteiger partial charge in [0.15, 0.2) is 0 Å². The maximum Gasteiger partial charge on any atom is 0.323 e. The van der Waals surface area contributed by atoms with Gasteiger partial charge in [-0.15, -0.1) is 0 Å². The molecule has 1 rings (SSSR count). The molecule has 0 aliphatic heterocycles. The third-order valence-corrected chi connectivity index (χ3v) is 4.69. The van der Waals surface area contributed by atoms with E-state index in [1.165, 1.54) is 6.42 Å². The van der Waals surface area contributed by atoms with Gasteiger partial charge in [-0.05, 0) is 58.0 Å². The molecule has 0 bridgehead atoms. The van der Waals surface area contributed by atoms with Crippen LogP contribution < -0.4 is 5.32 Å². The number of aliphatic carboxylic acids is 1. The van der Waals surface area contributed by atoms with Crippen LogP contribution in [0.3, 0.4) is 0 Å². The molecule has 124 valence electrons. The second-order valence-corrected chi connectivity index (χ2v) is 6.92. The summed E-state index contributed by atoms with van der Waals surface area (Å²) in [4.78, 5) is 14.0. The lowest BCUT2D eigenvalue weighted by Crippen LogP contribution is -2.50. The summed E-state index contributed by atoms with van der Waals surface area (Å²) in [6, 6.07) is 0.434. The van der Waals surface area contributed by atoms with Crippen LogP contribution in [0.5, 0.6) is 0 Å². The summed E-state index contributed by atoms with van der Waals surface area (Å²) in [5.74, 6) is 0.0344. The van der Waals surface area contributed by atoms with Crippen LogP contribution in [-0.4, -0.2) is 47.2 Å². The van der Waals surface area contributed by atoms with E-state index in [9.17, 15) is 9.90 Å². The van der Waals surface area contributed by atoms with Crippen molar-refractivity contribution in [3.63, 3.8) is 0 Å². The van der Waals surface area contributed by atoms with Crippen LogP contribution >= 0.6 is 0 Å². The van der Waals surface area contributed by atoms with Gasteiger partial charge in [0.05, 0.1) is 0 Å². The molecule has 0 saturated heterocycles. The highest BCUT2D eigenvalue weighted by Crippen LogP contribution is 2.25. The zero-order valence-corrected chi connectivity index (χ0v) is 14.3. The van der Waals surface area contributed by atoms with Crippen LogP contribution in [0.2, 0.25) is 0 Å². The Kier molecular flexibility index (Phi) is 7.67. The molecule has 0 aromatic carbocycles. The summed E-state index contributed by atoms with van der Waals surface area (Å²) in [6.45, 7) is 11.9. The standard InChI is InChI=1S/C17H34N2O2/c1-5-14(3)13-19(6-2)12-8-7-11-17(4,16(20)21)18-15-9-10-15/h14-15,18H,5-13H2,1-4H3,(H,20,21). The van der Waals surface area contributed by atoms with Crippen molar-refractivity contribution in [2.24, 2.45) is 5.92 Å². The summed E-state index contributed by atoms with van der Waals surface area (Å²) in [7, 11) is 0. The molecular weight excluding hydrogens is 264 g/mol. The molecule has 1 aliphatic rings. The topological polar surface area (TPSA) is 52.6 Å². The highest BCUT2D eigenvalue weighted by Gasteiger charge is 2.37. The lowest BCUT2D eigenvalue weighted by molar-refractivity contribution is -0.144. The number of hydrogen-bond donors (Lipinski definition) is 2. The van der Waals surface area contributed by atoms with E-state index in [1.54, 1.807) is 0 Å². The molecule has 1 aliphatic carbocycles. The maximum atomic E-state index is 11.5. The van der Waals surface area contributed by atoms with E-state index in [-0.39, 0.29) is 0 Å². The van der Waals surface area contributed by atoms with E-state index in [1.807, 2.05) is 6.92 Å². The fraction of sp³-hybridized carbons (Fsp3) is 0.941. The van der Waals surface area contributed by atoms with E-state index in [0.717, 1.165) is 57.7 Å². The Morgan fingerprint density at radius 1 is 1.38 bits per heavy atom. The molecule has 2 atom stereocenters. The Morgan fingerprint density at radius 2 is 2.05 bits per heavy atom. The fourth-order valence-corrected chi connectivity index (χ4v) is 2.68. The summed E-state index contributed by atoms with van der Waals surface area (Å²) in [5.41, 5.74) is -0.741. The summed E-state index contributed by atoms with van der Waals surface area (Å²) >= 11 is 0. The molecule has 0 spiro atoms. The molecule has 1 fully saturated rings. The molecule has 0 heterocycles. The van der Waals surface area contributed by atoms with Crippen molar-refractivity contribution < 1.29 is 9.90 Å². The molecule has 2 N–H and O–H groups in total. The van der Waals surface area contributed by atoms with E-state index >= 15 is 0 Å². The van der Waals surface area contributed by atoms with Crippen LogP contribution in [-0.2, 0) is 4.79 Å². The zero-order chi connectivity index (χ0) is 15.9. The Balaban J connectivity index is 2.27. The first-order valence-corrected chi connectivity index (χ1v) is 8.64. The number of rotatable bonds is 12. The molecule has 0 aromatic rings. The second-order valence-electron chi connectivity index (χ2n) is 6.92. The average Bonchev–Trinajstić information content (AvgIpc) is 3.25. The van der Waals surface area contributed by atoms with Crippen molar-refractivity contribution in [3.8, 4) is 0 Å². The van der Waals surface area contributed by atoms with Crippen molar-refractivity contribution in [2.45, 2.75) is 77.8 Å². The quantitative estimate of drug-likeness (QED) is 0.544. The molecule has 4 nitrogen and oxygen atoms in total. The minimum atomic E-state index is -0.741. The van der Waals surface area contributed by atoms with Crippen LogP contribution in [0.4, 0.5) is 0 Å². The first kappa shape index (κ1) is 18.4. The van der Waals surface area contributed by atoms with Gasteiger partial charge >= 0.3 is 5.97 Å². The monoisotopic (exact) mass is 298 g/mol. The van der Waals surface area contributed by atoms with Gasteiger partial charge in [0, 0.05) is 12.6 Å². The molecule has 0 radical (unpaired) electrons. The first-order valence-electron chi connectivity index (χ1n) is 8.64. The number of nitrogens with zero attached hydrogens (tertiary/aromatic N) is 1. The molecule has 1 saturated carbocycles. The lowest BCUT2D eigenvalue weighted by Gasteiger charge is -2.27. The van der Waals surface area contributed by atoms with Crippen molar-refractivity contribution in [1.82, 2.24) is 10.2 Å². The van der Waals surface area contributed by atoms with Gasteiger partial charge in [0.2, 0.25) is 0 Å². The molecule has 0 aromatic heterocycles. The SMILES string of the molecule is CCC(C)CN(CC)CCCCC(C)(NC1CC1)C(=O)O. The first-order chi connectivity index (χ1) is 9.91. The molecule has 0 amide bonds. The molecule has 4 heteroatoms. The molecule has 2 unspecified atom stereocenters. The normalized spacial score (nSPS) is 19.5. The number of unbranched alkanes of at least 4 members (excludes halogenated alkanes) is 1. The highest BCUT2D eigenvalue weighted by molar-refractivity contribution is 5.78. The third kappa shape index (κ3) is 6.79. The van der Waals surface area contributed by atoms with Crippen molar-refractivity contribution >= 4 is 5.97 Å². The number of nitrogens with one attached hydrogen (secondary N) is 1. The zero-order valence-electron chi connectivity index (χ0n) is 14.3. The van der Waals surface area contributed by atoms with Gasteiger partial charge in [-0.2, -0.15) is 0 Å². The largest absolute Gasteiger partial charge is 0.480 e. The minimum absolute atomic E-state index is 0.434.